The van der Waals surface area contributed by atoms with Crippen LogP contribution in [0.1, 0.15) is 10.4 Å². The quantitative estimate of drug-likeness (QED) is 0.503. The number of phenolic OH excluding ortho intramolecular Hbond substituents is 2. The van der Waals surface area contributed by atoms with E-state index in [4.69, 9.17) is 5.11 Å². The number of carboxylic acid groups (broad SMARTS) is 1. The molecule has 0 radical (unpaired) electrons. The van der Waals surface area contributed by atoms with Gasteiger partial charge in [0.25, 0.3) is 0 Å². The highest BCUT2D eigenvalue weighted by molar-refractivity contribution is 5.87. The van der Waals surface area contributed by atoms with Crippen molar-refractivity contribution in [1.82, 2.24) is 14.8 Å². The lowest BCUT2D eigenvalue weighted by Crippen LogP contribution is -2.01. The molecule has 0 saturated carbocycles. The van der Waals surface area contributed by atoms with E-state index in [1.807, 2.05) is 0 Å². The van der Waals surface area contributed by atoms with Crippen LogP contribution in [0.15, 0.2) is 72.8 Å². The van der Waals surface area contributed by atoms with Gasteiger partial charge < -0.3 is 15.3 Å². The monoisotopic (exact) mass is 373 g/mol. The van der Waals surface area contributed by atoms with Crippen LogP contribution >= 0.6 is 0 Å². The van der Waals surface area contributed by atoms with E-state index < -0.39 is 5.97 Å². The van der Waals surface area contributed by atoms with Crippen LogP contribution in [0.2, 0.25) is 0 Å². The van der Waals surface area contributed by atoms with Crippen molar-refractivity contribution in [2.75, 3.05) is 0 Å². The highest BCUT2D eigenvalue weighted by Gasteiger charge is 2.16. The third-order valence-electron chi connectivity index (χ3n) is 4.22. The highest BCUT2D eigenvalue weighted by atomic mass is 16.4. The fraction of sp³-hybridized carbons (Fsp3) is 0. The molecule has 0 saturated heterocycles. The summed E-state index contributed by atoms with van der Waals surface area (Å²) in [6.45, 7) is 0. The molecule has 0 aliphatic rings. The number of aromatic carboxylic acids is 1. The van der Waals surface area contributed by atoms with E-state index in [2.05, 4.69) is 10.1 Å². The number of rotatable bonds is 4. The Hall–Kier alpha value is -4.13. The van der Waals surface area contributed by atoms with Crippen LogP contribution in [-0.4, -0.2) is 36.1 Å². The Morgan fingerprint density at radius 3 is 1.82 bits per heavy atom. The highest BCUT2D eigenvalue weighted by Crippen LogP contribution is 2.27. The average Bonchev–Trinajstić information content (AvgIpc) is 3.14. The zero-order valence-electron chi connectivity index (χ0n) is 14.5. The summed E-state index contributed by atoms with van der Waals surface area (Å²) in [5, 5.41) is 32.7. The lowest BCUT2D eigenvalue weighted by molar-refractivity contribution is 0.0697. The molecular weight excluding hydrogens is 358 g/mol. The van der Waals surface area contributed by atoms with Gasteiger partial charge >= 0.3 is 5.97 Å². The largest absolute Gasteiger partial charge is 0.508 e. The van der Waals surface area contributed by atoms with Crippen LogP contribution in [0.5, 0.6) is 11.5 Å². The Morgan fingerprint density at radius 1 is 0.750 bits per heavy atom. The normalized spacial score (nSPS) is 10.7. The van der Waals surface area contributed by atoms with E-state index in [1.54, 1.807) is 65.3 Å². The Balaban J connectivity index is 1.86. The Kier molecular flexibility index (Phi) is 4.25. The fourth-order valence-corrected chi connectivity index (χ4v) is 2.77. The Labute approximate surface area is 159 Å². The van der Waals surface area contributed by atoms with Crippen molar-refractivity contribution in [3.8, 4) is 40.0 Å². The smallest absolute Gasteiger partial charge is 0.335 e. The predicted molar refractivity (Wildman–Crippen MR) is 103 cm³/mol. The lowest BCUT2D eigenvalue weighted by atomic mass is 10.2. The lowest BCUT2D eigenvalue weighted by Gasteiger charge is -2.06. The molecule has 0 spiro atoms. The van der Waals surface area contributed by atoms with Gasteiger partial charge in [0.15, 0.2) is 11.6 Å². The van der Waals surface area contributed by atoms with Crippen LogP contribution in [-0.2, 0) is 0 Å². The molecule has 1 heterocycles. The first kappa shape index (κ1) is 17.3. The molecule has 28 heavy (non-hydrogen) atoms. The van der Waals surface area contributed by atoms with Gasteiger partial charge in [-0.25, -0.2) is 14.5 Å². The van der Waals surface area contributed by atoms with Crippen LogP contribution in [0, 0.1) is 0 Å². The summed E-state index contributed by atoms with van der Waals surface area (Å²) >= 11 is 0. The maximum absolute atomic E-state index is 11.1. The molecule has 3 N–H and O–H groups in total. The van der Waals surface area contributed by atoms with E-state index in [0.717, 1.165) is 11.1 Å². The van der Waals surface area contributed by atoms with Crippen molar-refractivity contribution in [3.63, 3.8) is 0 Å². The molecule has 0 bridgehead atoms. The zero-order valence-corrected chi connectivity index (χ0v) is 14.5. The summed E-state index contributed by atoms with van der Waals surface area (Å²) in [5.41, 5.74) is 2.27. The molecule has 1 aromatic heterocycles. The van der Waals surface area contributed by atoms with Gasteiger partial charge in [0.1, 0.15) is 11.5 Å². The van der Waals surface area contributed by atoms with Gasteiger partial charge in [0, 0.05) is 11.1 Å². The van der Waals surface area contributed by atoms with Crippen LogP contribution in [0.4, 0.5) is 0 Å². The SMILES string of the molecule is O=C(O)c1ccc(-n2nc(-c3ccc(O)cc3)nc2-c2ccc(O)cc2)cc1. The number of carboxylic acids is 1. The average molecular weight is 373 g/mol. The second-order valence-electron chi connectivity index (χ2n) is 6.12. The van der Waals surface area contributed by atoms with Gasteiger partial charge in [-0.15, -0.1) is 5.10 Å². The van der Waals surface area contributed by atoms with Crippen molar-refractivity contribution >= 4 is 5.97 Å². The topological polar surface area (TPSA) is 108 Å². The minimum Gasteiger partial charge on any atom is -0.508 e. The summed E-state index contributed by atoms with van der Waals surface area (Å²) in [4.78, 5) is 15.7. The minimum absolute atomic E-state index is 0.138. The molecule has 0 amide bonds. The van der Waals surface area contributed by atoms with Crippen molar-refractivity contribution in [1.29, 1.82) is 0 Å². The van der Waals surface area contributed by atoms with Crippen molar-refractivity contribution in [2.24, 2.45) is 0 Å². The number of hydrogen-bond donors (Lipinski definition) is 3. The van der Waals surface area contributed by atoms with Gasteiger partial charge in [0.2, 0.25) is 0 Å². The number of benzene rings is 3. The molecule has 7 nitrogen and oxygen atoms in total. The van der Waals surface area contributed by atoms with E-state index in [1.165, 1.54) is 12.1 Å². The van der Waals surface area contributed by atoms with Crippen LogP contribution in [0.3, 0.4) is 0 Å². The first-order valence-electron chi connectivity index (χ1n) is 8.41. The molecule has 4 rings (SSSR count). The third-order valence-corrected chi connectivity index (χ3v) is 4.22. The molecule has 4 aromatic rings. The number of carbonyl (C=O) groups is 1. The van der Waals surface area contributed by atoms with Crippen molar-refractivity contribution in [2.45, 2.75) is 0 Å². The molecule has 0 aliphatic heterocycles. The molecule has 7 heteroatoms. The van der Waals surface area contributed by atoms with Gasteiger partial charge in [-0.2, -0.15) is 0 Å². The van der Waals surface area contributed by atoms with Crippen LogP contribution in [0.25, 0.3) is 28.5 Å². The number of aromatic nitrogens is 3. The summed E-state index contributed by atoms with van der Waals surface area (Å²) in [7, 11) is 0. The third kappa shape index (κ3) is 3.28. The molecule has 0 atom stereocenters. The number of nitrogens with zero attached hydrogens (tertiary/aromatic N) is 3. The molecular formula is C21H15N3O4. The second-order valence-corrected chi connectivity index (χ2v) is 6.12. The van der Waals surface area contributed by atoms with Crippen molar-refractivity contribution < 1.29 is 20.1 Å². The summed E-state index contributed by atoms with van der Waals surface area (Å²) in [6.07, 6.45) is 0. The maximum Gasteiger partial charge on any atom is 0.335 e. The van der Waals surface area contributed by atoms with E-state index in [0.29, 0.717) is 17.3 Å². The maximum atomic E-state index is 11.1. The minimum atomic E-state index is -1.01. The van der Waals surface area contributed by atoms with E-state index >= 15 is 0 Å². The summed E-state index contributed by atoms with van der Waals surface area (Å²) < 4.78 is 1.61. The van der Waals surface area contributed by atoms with Gasteiger partial charge in [-0.1, -0.05) is 0 Å². The molecule has 0 fully saturated rings. The van der Waals surface area contributed by atoms with Gasteiger partial charge in [-0.3, -0.25) is 0 Å². The first-order valence-corrected chi connectivity index (χ1v) is 8.41. The summed E-state index contributed by atoms with van der Waals surface area (Å²) in [6, 6.07) is 19.4. The second kappa shape index (κ2) is 6.88. The van der Waals surface area contributed by atoms with Crippen molar-refractivity contribution in [3.05, 3.63) is 78.4 Å². The Bertz CT molecular complexity index is 1130. The molecule has 3 aromatic carbocycles. The van der Waals surface area contributed by atoms with E-state index in [-0.39, 0.29) is 17.1 Å². The van der Waals surface area contributed by atoms with Crippen LogP contribution < -0.4 is 0 Å². The Morgan fingerprint density at radius 2 is 1.29 bits per heavy atom. The predicted octanol–water partition coefficient (Wildman–Crippen LogP) is 3.71. The molecule has 0 aliphatic carbocycles. The molecule has 0 unspecified atom stereocenters. The first-order chi connectivity index (χ1) is 13.5. The zero-order chi connectivity index (χ0) is 19.7. The number of aromatic hydroxyl groups is 2. The number of phenols is 2. The fourth-order valence-electron chi connectivity index (χ4n) is 2.77. The van der Waals surface area contributed by atoms with Gasteiger partial charge in [-0.05, 0) is 72.8 Å². The van der Waals surface area contributed by atoms with E-state index in [9.17, 15) is 15.0 Å². The van der Waals surface area contributed by atoms with Gasteiger partial charge in [0.05, 0.1) is 11.3 Å². The molecule has 138 valence electrons. The standard InChI is InChI=1S/C21H15N3O4/c25-17-9-3-13(4-10-17)19-22-20(14-5-11-18(26)12-6-14)24(23-19)16-7-1-15(2-8-16)21(27)28/h1-12,25-26H,(H,27,28). The summed E-state index contributed by atoms with van der Waals surface area (Å²) in [5.74, 6) is 0.260. The number of hydrogen-bond acceptors (Lipinski definition) is 5.